The van der Waals surface area contributed by atoms with E-state index in [-0.39, 0.29) is 0 Å². The number of nitrogens with zero attached hydrogens (tertiary/aromatic N) is 1. The first kappa shape index (κ1) is 13.7. The van der Waals surface area contributed by atoms with Crippen molar-refractivity contribution >= 4 is 45.7 Å². The van der Waals surface area contributed by atoms with Crippen molar-refractivity contribution in [2.75, 3.05) is 0 Å². The molecule has 1 aromatic heterocycles. The molecule has 0 bridgehead atoms. The third kappa shape index (κ3) is 2.26. The van der Waals surface area contributed by atoms with Gasteiger partial charge < -0.3 is 0 Å². The molecular formula is C16H10Cl3N. The van der Waals surface area contributed by atoms with E-state index in [9.17, 15) is 0 Å². The lowest BCUT2D eigenvalue weighted by atomic mass is 10.1. The average Bonchev–Trinajstić information content (AvgIpc) is 2.45. The molecule has 0 fully saturated rings. The Morgan fingerprint density at radius 2 is 1.60 bits per heavy atom. The Labute approximate surface area is 132 Å². The van der Waals surface area contributed by atoms with Crippen molar-refractivity contribution in [3.05, 3.63) is 63.1 Å². The highest BCUT2D eigenvalue weighted by atomic mass is 35.5. The largest absolute Gasteiger partial charge is 0.246 e. The van der Waals surface area contributed by atoms with Gasteiger partial charge in [0, 0.05) is 10.9 Å². The summed E-state index contributed by atoms with van der Waals surface area (Å²) in [5.41, 5.74) is 3.29. The zero-order valence-electron chi connectivity index (χ0n) is 10.6. The van der Waals surface area contributed by atoms with Crippen molar-refractivity contribution in [3.8, 4) is 11.3 Å². The third-order valence-electron chi connectivity index (χ3n) is 3.18. The van der Waals surface area contributed by atoms with Crippen LogP contribution in [0.15, 0.2) is 42.5 Å². The van der Waals surface area contributed by atoms with E-state index in [4.69, 9.17) is 34.8 Å². The third-order valence-corrected chi connectivity index (χ3v) is 4.25. The molecule has 0 N–H and O–H groups in total. The lowest BCUT2D eigenvalue weighted by molar-refractivity contribution is 1.38. The van der Waals surface area contributed by atoms with Gasteiger partial charge in [-0.3, -0.25) is 0 Å². The van der Waals surface area contributed by atoms with Gasteiger partial charge in [-0.05, 0) is 24.6 Å². The summed E-state index contributed by atoms with van der Waals surface area (Å²) in [6.07, 6.45) is 0. The van der Waals surface area contributed by atoms with Crippen molar-refractivity contribution in [1.82, 2.24) is 4.98 Å². The van der Waals surface area contributed by atoms with Crippen molar-refractivity contribution in [1.29, 1.82) is 0 Å². The Kier molecular flexibility index (Phi) is 3.59. The summed E-state index contributed by atoms with van der Waals surface area (Å²) in [6.45, 7) is 1.90. The maximum Gasteiger partial charge on any atom is 0.0925 e. The van der Waals surface area contributed by atoms with Crippen LogP contribution in [0.2, 0.25) is 15.1 Å². The smallest absolute Gasteiger partial charge is 0.0925 e. The fourth-order valence-corrected chi connectivity index (χ4v) is 3.05. The second-order valence-electron chi connectivity index (χ2n) is 4.57. The fraction of sp³-hybridized carbons (Fsp3) is 0.0625. The van der Waals surface area contributed by atoms with E-state index in [1.165, 1.54) is 0 Å². The van der Waals surface area contributed by atoms with Crippen molar-refractivity contribution in [2.45, 2.75) is 6.92 Å². The summed E-state index contributed by atoms with van der Waals surface area (Å²) >= 11 is 19.0. The second-order valence-corrected chi connectivity index (χ2v) is 5.76. The summed E-state index contributed by atoms with van der Waals surface area (Å²) in [5, 5.41) is 2.42. The first-order valence-electron chi connectivity index (χ1n) is 6.08. The Balaban J connectivity index is 2.36. The number of aromatic nitrogens is 1. The standard InChI is InChI=1S/C16H10Cl3N/c1-9-7-12(18)16-14(15(9)19)11(17)8-13(20-16)10-5-3-2-4-6-10/h2-8H,1H3. The molecule has 3 rings (SSSR count). The van der Waals surface area contributed by atoms with Crippen LogP contribution in [0.3, 0.4) is 0 Å². The number of rotatable bonds is 1. The van der Waals surface area contributed by atoms with Crippen LogP contribution in [0, 0.1) is 6.92 Å². The predicted octanol–water partition coefficient (Wildman–Crippen LogP) is 6.17. The quantitative estimate of drug-likeness (QED) is 0.522. The molecule has 1 nitrogen and oxygen atoms in total. The summed E-state index contributed by atoms with van der Waals surface area (Å²) in [6, 6.07) is 13.5. The molecule has 3 aromatic rings. The van der Waals surface area contributed by atoms with Crippen LogP contribution < -0.4 is 0 Å². The maximum absolute atomic E-state index is 6.38. The molecule has 0 amide bonds. The Hall–Kier alpha value is -1.28. The van der Waals surface area contributed by atoms with Gasteiger partial charge in [-0.2, -0.15) is 0 Å². The SMILES string of the molecule is Cc1cc(Cl)c2nc(-c3ccccc3)cc(Cl)c2c1Cl. The van der Waals surface area contributed by atoms with Crippen molar-refractivity contribution < 1.29 is 0 Å². The predicted molar refractivity (Wildman–Crippen MR) is 86.9 cm³/mol. The highest BCUT2D eigenvalue weighted by molar-refractivity contribution is 6.45. The number of fused-ring (bicyclic) bond motifs is 1. The van der Waals surface area contributed by atoms with Crippen LogP contribution in [0.4, 0.5) is 0 Å². The van der Waals surface area contributed by atoms with E-state index >= 15 is 0 Å². The van der Waals surface area contributed by atoms with Gasteiger partial charge in [0.15, 0.2) is 0 Å². The van der Waals surface area contributed by atoms with E-state index in [0.717, 1.165) is 16.8 Å². The Morgan fingerprint density at radius 1 is 0.900 bits per heavy atom. The minimum atomic E-state index is 0.557. The van der Waals surface area contributed by atoms with E-state index in [0.29, 0.717) is 26.0 Å². The van der Waals surface area contributed by atoms with E-state index in [1.54, 1.807) is 0 Å². The molecule has 0 unspecified atom stereocenters. The topological polar surface area (TPSA) is 12.9 Å². The number of hydrogen-bond acceptors (Lipinski definition) is 1. The summed E-state index contributed by atoms with van der Waals surface area (Å²) in [5.74, 6) is 0. The van der Waals surface area contributed by atoms with Crippen LogP contribution >= 0.6 is 34.8 Å². The minimum absolute atomic E-state index is 0.557. The average molecular weight is 323 g/mol. The van der Waals surface area contributed by atoms with Gasteiger partial charge in [0.1, 0.15) is 0 Å². The lowest BCUT2D eigenvalue weighted by Crippen LogP contribution is -1.90. The number of benzene rings is 2. The fourth-order valence-electron chi connectivity index (χ4n) is 2.17. The number of aryl methyl sites for hydroxylation is 1. The molecule has 4 heteroatoms. The summed E-state index contributed by atoms with van der Waals surface area (Å²) < 4.78 is 0. The number of halogens is 3. The Bertz CT molecular complexity index is 798. The lowest BCUT2D eigenvalue weighted by Gasteiger charge is -2.10. The normalized spacial score (nSPS) is 11.0. The van der Waals surface area contributed by atoms with Crippen LogP contribution in [-0.4, -0.2) is 4.98 Å². The van der Waals surface area contributed by atoms with Crippen LogP contribution in [0.5, 0.6) is 0 Å². The highest BCUT2D eigenvalue weighted by Crippen LogP contribution is 2.38. The first-order chi connectivity index (χ1) is 9.58. The number of pyridine rings is 1. The first-order valence-corrected chi connectivity index (χ1v) is 7.21. The molecule has 0 aliphatic carbocycles. The monoisotopic (exact) mass is 321 g/mol. The molecule has 0 radical (unpaired) electrons. The molecule has 0 saturated carbocycles. The molecule has 0 spiro atoms. The van der Waals surface area contributed by atoms with Gasteiger partial charge >= 0.3 is 0 Å². The summed E-state index contributed by atoms with van der Waals surface area (Å²) in [4.78, 5) is 4.61. The maximum atomic E-state index is 6.38. The van der Waals surface area contributed by atoms with Gasteiger partial charge in [0.25, 0.3) is 0 Å². The van der Waals surface area contributed by atoms with Gasteiger partial charge in [-0.1, -0.05) is 65.1 Å². The highest BCUT2D eigenvalue weighted by Gasteiger charge is 2.14. The molecule has 0 aliphatic rings. The second kappa shape index (κ2) is 5.25. The Morgan fingerprint density at radius 3 is 2.30 bits per heavy atom. The van der Waals surface area contributed by atoms with E-state index in [2.05, 4.69) is 4.98 Å². The van der Waals surface area contributed by atoms with Crippen molar-refractivity contribution in [3.63, 3.8) is 0 Å². The molecule has 0 saturated heterocycles. The minimum Gasteiger partial charge on any atom is -0.246 e. The van der Waals surface area contributed by atoms with Crippen LogP contribution in [0.25, 0.3) is 22.2 Å². The zero-order chi connectivity index (χ0) is 14.3. The molecular weight excluding hydrogens is 313 g/mol. The van der Waals surface area contributed by atoms with Gasteiger partial charge in [-0.15, -0.1) is 0 Å². The molecule has 1 heterocycles. The van der Waals surface area contributed by atoms with Crippen LogP contribution in [-0.2, 0) is 0 Å². The van der Waals surface area contributed by atoms with Gasteiger partial charge in [0.2, 0.25) is 0 Å². The van der Waals surface area contributed by atoms with Crippen LogP contribution in [0.1, 0.15) is 5.56 Å². The van der Waals surface area contributed by atoms with Gasteiger partial charge in [-0.25, -0.2) is 4.98 Å². The molecule has 2 aromatic carbocycles. The molecule has 0 atom stereocenters. The van der Waals surface area contributed by atoms with E-state index in [1.807, 2.05) is 49.4 Å². The summed E-state index contributed by atoms with van der Waals surface area (Å²) in [7, 11) is 0. The molecule has 20 heavy (non-hydrogen) atoms. The van der Waals surface area contributed by atoms with Gasteiger partial charge in [0.05, 0.1) is 26.3 Å². The van der Waals surface area contributed by atoms with E-state index < -0.39 is 0 Å². The molecule has 100 valence electrons. The number of hydrogen-bond donors (Lipinski definition) is 0. The zero-order valence-corrected chi connectivity index (χ0v) is 12.9. The molecule has 0 aliphatic heterocycles. The van der Waals surface area contributed by atoms with Crippen molar-refractivity contribution in [2.24, 2.45) is 0 Å².